The quantitative estimate of drug-likeness (QED) is 0.624. The molecular formula is C17H25ClN2O. The Morgan fingerprint density at radius 1 is 1.38 bits per heavy atom. The maximum Gasteiger partial charge on any atom is 0.122 e. The Morgan fingerprint density at radius 2 is 2.24 bits per heavy atom. The van der Waals surface area contributed by atoms with E-state index in [4.69, 9.17) is 22.2 Å². The first kappa shape index (κ1) is 15.1. The Labute approximate surface area is 132 Å². The van der Waals surface area contributed by atoms with Crippen LogP contribution in [0, 0.1) is 17.8 Å². The summed E-state index contributed by atoms with van der Waals surface area (Å²) in [5.41, 5.74) is 4.14. The van der Waals surface area contributed by atoms with Crippen LogP contribution in [-0.4, -0.2) is 13.2 Å². The number of methoxy groups -OCH3 is 1. The molecule has 2 aliphatic carbocycles. The Morgan fingerprint density at radius 3 is 2.86 bits per heavy atom. The van der Waals surface area contributed by atoms with Crippen molar-refractivity contribution in [1.82, 2.24) is 5.43 Å². The average Bonchev–Trinajstić information content (AvgIpc) is 3.09. The minimum absolute atomic E-state index is 0.293. The van der Waals surface area contributed by atoms with Crippen LogP contribution in [0.3, 0.4) is 0 Å². The number of benzene rings is 1. The van der Waals surface area contributed by atoms with Crippen molar-refractivity contribution >= 4 is 11.6 Å². The number of halogens is 1. The van der Waals surface area contributed by atoms with Gasteiger partial charge in [0.2, 0.25) is 0 Å². The lowest BCUT2D eigenvalue weighted by Crippen LogP contribution is -2.39. The zero-order valence-electron chi connectivity index (χ0n) is 12.6. The van der Waals surface area contributed by atoms with Crippen LogP contribution in [0.4, 0.5) is 0 Å². The van der Waals surface area contributed by atoms with Gasteiger partial charge < -0.3 is 4.74 Å². The number of rotatable bonds is 6. The molecule has 0 radical (unpaired) electrons. The molecule has 1 aromatic rings. The molecule has 1 aromatic carbocycles. The van der Waals surface area contributed by atoms with E-state index in [2.05, 4.69) is 5.43 Å². The van der Waals surface area contributed by atoms with E-state index in [-0.39, 0.29) is 0 Å². The SMILES string of the molecule is COc1ccc(Cl)cc1CC(CC1CC2CCC1C2)NN. The van der Waals surface area contributed by atoms with E-state index in [0.29, 0.717) is 6.04 Å². The largest absolute Gasteiger partial charge is 0.496 e. The van der Waals surface area contributed by atoms with Gasteiger partial charge in [-0.25, -0.2) is 0 Å². The number of nitrogens with one attached hydrogen (secondary N) is 1. The third-order valence-corrected chi connectivity index (χ3v) is 5.65. The van der Waals surface area contributed by atoms with Gasteiger partial charge in [-0.3, -0.25) is 11.3 Å². The summed E-state index contributed by atoms with van der Waals surface area (Å²) in [7, 11) is 1.70. The minimum atomic E-state index is 0.293. The maximum atomic E-state index is 6.11. The number of hydrazine groups is 1. The van der Waals surface area contributed by atoms with E-state index in [9.17, 15) is 0 Å². The van der Waals surface area contributed by atoms with Crippen LogP contribution < -0.4 is 16.0 Å². The van der Waals surface area contributed by atoms with Crippen LogP contribution in [0.2, 0.25) is 5.02 Å². The lowest BCUT2D eigenvalue weighted by Gasteiger charge is -2.26. The van der Waals surface area contributed by atoms with Gasteiger partial charge >= 0.3 is 0 Å². The molecule has 0 amide bonds. The topological polar surface area (TPSA) is 47.3 Å². The fraction of sp³-hybridized carbons (Fsp3) is 0.647. The van der Waals surface area contributed by atoms with Crippen molar-refractivity contribution in [3.8, 4) is 5.75 Å². The van der Waals surface area contributed by atoms with Crippen LogP contribution >= 0.6 is 11.6 Å². The summed E-state index contributed by atoms with van der Waals surface area (Å²) < 4.78 is 5.44. The molecule has 0 aromatic heterocycles. The van der Waals surface area contributed by atoms with Gasteiger partial charge in [-0.15, -0.1) is 0 Å². The van der Waals surface area contributed by atoms with Crippen molar-refractivity contribution in [2.45, 2.75) is 44.6 Å². The van der Waals surface area contributed by atoms with Crippen LogP contribution in [-0.2, 0) is 6.42 Å². The molecule has 3 nitrogen and oxygen atoms in total. The van der Waals surface area contributed by atoms with Crippen molar-refractivity contribution in [2.75, 3.05) is 7.11 Å². The first-order valence-corrected chi connectivity index (χ1v) is 8.36. The molecule has 2 aliphatic rings. The van der Waals surface area contributed by atoms with E-state index in [1.54, 1.807) is 7.11 Å². The summed E-state index contributed by atoms with van der Waals surface area (Å²) in [6.45, 7) is 0. The summed E-state index contributed by atoms with van der Waals surface area (Å²) in [4.78, 5) is 0. The third kappa shape index (κ3) is 3.36. The van der Waals surface area contributed by atoms with Gasteiger partial charge in [-0.05, 0) is 73.6 Å². The Kier molecular flexibility index (Phi) is 4.72. The van der Waals surface area contributed by atoms with Crippen molar-refractivity contribution in [3.05, 3.63) is 28.8 Å². The highest BCUT2D eigenvalue weighted by Gasteiger charge is 2.40. The molecule has 4 heteroatoms. The Balaban J connectivity index is 1.65. The lowest BCUT2D eigenvalue weighted by molar-refractivity contribution is 0.276. The maximum absolute atomic E-state index is 6.11. The van der Waals surface area contributed by atoms with Crippen molar-refractivity contribution < 1.29 is 4.74 Å². The molecule has 4 atom stereocenters. The second-order valence-electron chi connectivity index (χ2n) is 6.69. The van der Waals surface area contributed by atoms with Gasteiger partial charge in [0.25, 0.3) is 0 Å². The van der Waals surface area contributed by atoms with Crippen molar-refractivity contribution in [1.29, 1.82) is 0 Å². The predicted molar refractivity (Wildman–Crippen MR) is 86.4 cm³/mol. The first-order chi connectivity index (χ1) is 10.2. The van der Waals surface area contributed by atoms with Crippen molar-refractivity contribution in [2.24, 2.45) is 23.6 Å². The number of nitrogens with two attached hydrogens (primary N) is 1. The zero-order chi connectivity index (χ0) is 14.8. The molecule has 2 fully saturated rings. The van der Waals surface area contributed by atoms with Crippen molar-refractivity contribution in [3.63, 3.8) is 0 Å². The highest BCUT2D eigenvalue weighted by atomic mass is 35.5. The van der Waals surface area contributed by atoms with Crippen LogP contribution in [0.15, 0.2) is 18.2 Å². The van der Waals surface area contributed by atoms with Crippen LogP contribution in [0.5, 0.6) is 5.75 Å². The number of hydrogen-bond donors (Lipinski definition) is 2. The molecule has 2 saturated carbocycles. The molecule has 0 aliphatic heterocycles. The van der Waals surface area contributed by atoms with Gasteiger partial charge in [0.05, 0.1) is 7.11 Å². The minimum Gasteiger partial charge on any atom is -0.496 e. The highest BCUT2D eigenvalue weighted by Crippen LogP contribution is 2.50. The number of fused-ring (bicyclic) bond motifs is 2. The summed E-state index contributed by atoms with van der Waals surface area (Å²) in [5, 5.41) is 0.751. The van der Waals surface area contributed by atoms with Gasteiger partial charge in [-0.1, -0.05) is 18.0 Å². The predicted octanol–water partition coefficient (Wildman–Crippen LogP) is 3.55. The summed E-state index contributed by atoms with van der Waals surface area (Å²) in [6.07, 6.45) is 7.75. The van der Waals surface area contributed by atoms with Crippen LogP contribution in [0.1, 0.15) is 37.7 Å². The smallest absolute Gasteiger partial charge is 0.122 e. The number of ether oxygens (including phenoxy) is 1. The molecular weight excluding hydrogens is 284 g/mol. The zero-order valence-corrected chi connectivity index (χ0v) is 13.4. The van der Waals surface area contributed by atoms with Gasteiger partial charge in [-0.2, -0.15) is 0 Å². The molecule has 3 N–H and O–H groups in total. The molecule has 116 valence electrons. The Hall–Kier alpha value is -0.770. The van der Waals surface area contributed by atoms with E-state index >= 15 is 0 Å². The summed E-state index contributed by atoms with van der Waals surface area (Å²) >= 11 is 6.11. The molecule has 2 bridgehead atoms. The summed E-state index contributed by atoms with van der Waals surface area (Å²) in [5.74, 6) is 9.46. The van der Waals surface area contributed by atoms with E-state index in [1.807, 2.05) is 18.2 Å². The monoisotopic (exact) mass is 308 g/mol. The van der Waals surface area contributed by atoms with E-state index in [0.717, 1.165) is 46.9 Å². The van der Waals surface area contributed by atoms with Gasteiger partial charge in [0.1, 0.15) is 5.75 Å². The van der Waals surface area contributed by atoms with Gasteiger partial charge in [0, 0.05) is 11.1 Å². The van der Waals surface area contributed by atoms with E-state index in [1.165, 1.54) is 25.7 Å². The van der Waals surface area contributed by atoms with E-state index < -0.39 is 0 Å². The average molecular weight is 309 g/mol. The standard InChI is InChI=1S/C17H25ClN2O/c1-21-17-5-4-15(18)8-14(17)10-16(20-19)9-13-7-11-2-3-12(13)6-11/h4-5,8,11-13,16,20H,2-3,6-7,9-10,19H2,1H3. The second kappa shape index (κ2) is 6.55. The fourth-order valence-electron chi connectivity index (χ4n) is 4.41. The second-order valence-corrected chi connectivity index (χ2v) is 7.13. The molecule has 3 rings (SSSR count). The highest BCUT2D eigenvalue weighted by molar-refractivity contribution is 6.30. The fourth-order valence-corrected chi connectivity index (χ4v) is 4.61. The lowest BCUT2D eigenvalue weighted by atomic mass is 9.83. The molecule has 0 spiro atoms. The first-order valence-electron chi connectivity index (χ1n) is 7.98. The molecule has 0 saturated heterocycles. The summed E-state index contributed by atoms with van der Waals surface area (Å²) in [6, 6.07) is 6.08. The molecule has 21 heavy (non-hydrogen) atoms. The Bertz CT molecular complexity index is 494. The van der Waals surface area contributed by atoms with Crippen LogP contribution in [0.25, 0.3) is 0 Å². The number of hydrogen-bond acceptors (Lipinski definition) is 3. The molecule has 4 unspecified atom stereocenters. The third-order valence-electron chi connectivity index (χ3n) is 5.42. The van der Waals surface area contributed by atoms with Gasteiger partial charge in [0.15, 0.2) is 0 Å². The normalized spacial score (nSPS) is 28.8. The molecule has 0 heterocycles.